The van der Waals surface area contributed by atoms with Crippen LogP contribution in [0.25, 0.3) is 0 Å². The summed E-state index contributed by atoms with van der Waals surface area (Å²) in [6.45, 7) is 5.53. The van der Waals surface area contributed by atoms with Gasteiger partial charge in [0.15, 0.2) is 5.60 Å². The zero-order valence-corrected chi connectivity index (χ0v) is 15.8. The first kappa shape index (κ1) is 20.2. The van der Waals surface area contributed by atoms with Gasteiger partial charge in [0.05, 0.1) is 25.7 Å². The molecule has 1 aromatic carbocycles. The molecule has 4 heteroatoms. The van der Waals surface area contributed by atoms with Crippen LogP contribution in [-0.4, -0.2) is 37.5 Å². The smallest absolute Gasteiger partial charge is 0.312 e. The van der Waals surface area contributed by atoms with Crippen molar-refractivity contribution in [2.75, 3.05) is 19.8 Å². The molecule has 0 radical (unpaired) electrons. The topological polar surface area (TPSA) is 47.9 Å². The number of benzene rings is 1. The van der Waals surface area contributed by atoms with E-state index in [1.165, 1.54) is 5.56 Å². The van der Waals surface area contributed by atoms with Gasteiger partial charge >= 0.3 is 5.97 Å². The summed E-state index contributed by atoms with van der Waals surface area (Å²) in [6.07, 6.45) is 10.1. The Labute approximate surface area is 157 Å². The fourth-order valence-electron chi connectivity index (χ4n) is 3.17. The molecule has 0 bridgehead atoms. The molecule has 4 nitrogen and oxygen atoms in total. The number of hydrogen-bond acceptors (Lipinski definition) is 4. The fourth-order valence-corrected chi connectivity index (χ4v) is 3.17. The number of nitrogens with zero attached hydrogens (tertiary/aromatic N) is 1. The molecule has 1 aliphatic heterocycles. The molecule has 1 aliphatic rings. The maximum atomic E-state index is 12.8. The molecule has 26 heavy (non-hydrogen) atoms. The number of hydrogen-bond donors (Lipinski definition) is 0. The van der Waals surface area contributed by atoms with E-state index in [0.29, 0.717) is 38.5 Å². The van der Waals surface area contributed by atoms with Gasteiger partial charge in [0, 0.05) is 12.8 Å². The molecular formula is C22H29NO3. The van der Waals surface area contributed by atoms with Crippen molar-refractivity contribution < 1.29 is 14.3 Å². The molecule has 1 aromatic rings. The van der Waals surface area contributed by atoms with Gasteiger partial charge in [-0.3, -0.25) is 9.79 Å². The van der Waals surface area contributed by atoms with Gasteiger partial charge < -0.3 is 9.47 Å². The van der Waals surface area contributed by atoms with E-state index in [-0.39, 0.29) is 11.9 Å². The third kappa shape index (κ3) is 5.71. The Bertz CT molecular complexity index is 627. The van der Waals surface area contributed by atoms with Gasteiger partial charge in [-0.15, -0.1) is 6.42 Å². The van der Waals surface area contributed by atoms with Crippen LogP contribution in [0.5, 0.6) is 0 Å². The molecule has 0 spiro atoms. The molecule has 0 N–H and O–H groups in total. The van der Waals surface area contributed by atoms with Crippen LogP contribution in [0.4, 0.5) is 0 Å². The van der Waals surface area contributed by atoms with E-state index in [4.69, 9.17) is 15.9 Å². The number of aliphatic imine (C=N–C) groups is 1. The number of terminal acetylenes is 1. The molecule has 1 heterocycles. The van der Waals surface area contributed by atoms with Crippen LogP contribution in [-0.2, 0) is 14.3 Å². The maximum absolute atomic E-state index is 12.8. The predicted octanol–water partition coefficient (Wildman–Crippen LogP) is 4.00. The quantitative estimate of drug-likeness (QED) is 0.402. The van der Waals surface area contributed by atoms with Crippen LogP contribution in [0.1, 0.15) is 51.0 Å². The minimum atomic E-state index is -0.825. The molecule has 2 atom stereocenters. The molecule has 2 rings (SSSR count). The van der Waals surface area contributed by atoms with Crippen LogP contribution in [0.3, 0.4) is 0 Å². The van der Waals surface area contributed by atoms with Crippen molar-refractivity contribution in [3.05, 3.63) is 35.9 Å². The van der Waals surface area contributed by atoms with E-state index < -0.39 is 5.60 Å². The largest absolute Gasteiger partial charge is 0.445 e. The summed E-state index contributed by atoms with van der Waals surface area (Å²) in [6, 6.07) is 10.3. The molecule has 1 fully saturated rings. The van der Waals surface area contributed by atoms with Gasteiger partial charge in [-0.05, 0) is 37.5 Å². The Balaban J connectivity index is 1.99. The summed E-state index contributed by atoms with van der Waals surface area (Å²) < 4.78 is 11.1. The summed E-state index contributed by atoms with van der Waals surface area (Å²) >= 11 is 0. The average Bonchev–Trinajstić information content (AvgIpc) is 2.69. The number of rotatable bonds is 8. The first-order chi connectivity index (χ1) is 12.6. The monoisotopic (exact) mass is 355 g/mol. The molecular weight excluding hydrogens is 326 g/mol. The second kappa shape index (κ2) is 10.1. The second-order valence-electron chi connectivity index (χ2n) is 6.88. The Hall–Kier alpha value is -2.12. The number of carbonyl (C=O) groups excluding carboxylic acids is 1. The zero-order chi connectivity index (χ0) is 18.8. The van der Waals surface area contributed by atoms with E-state index in [2.05, 4.69) is 30.0 Å². The van der Waals surface area contributed by atoms with Crippen molar-refractivity contribution in [2.24, 2.45) is 10.9 Å². The third-order valence-corrected chi connectivity index (χ3v) is 5.02. The van der Waals surface area contributed by atoms with Crippen LogP contribution in [0.15, 0.2) is 35.3 Å². The Morgan fingerprint density at radius 3 is 2.65 bits per heavy atom. The van der Waals surface area contributed by atoms with Crippen molar-refractivity contribution in [3.8, 4) is 12.3 Å². The number of carbonyl (C=O) groups is 1. The SMILES string of the molecule is C#CC1(OC(=O)C(CC[C@H](C)c2ccccc2)C/N=C\C)CCOCC1. The number of esters is 1. The van der Waals surface area contributed by atoms with Gasteiger partial charge in [-0.2, -0.15) is 0 Å². The lowest BCUT2D eigenvalue weighted by Gasteiger charge is -2.33. The summed E-state index contributed by atoms with van der Waals surface area (Å²) in [5.41, 5.74) is 0.456. The van der Waals surface area contributed by atoms with Gasteiger partial charge in [-0.25, -0.2) is 0 Å². The fraction of sp³-hybridized carbons (Fsp3) is 0.545. The highest BCUT2D eigenvalue weighted by Gasteiger charge is 2.36. The van der Waals surface area contributed by atoms with Crippen LogP contribution in [0, 0.1) is 18.3 Å². The summed E-state index contributed by atoms with van der Waals surface area (Å²) in [7, 11) is 0. The first-order valence-electron chi connectivity index (χ1n) is 9.38. The van der Waals surface area contributed by atoms with E-state index in [0.717, 1.165) is 12.8 Å². The second-order valence-corrected chi connectivity index (χ2v) is 6.88. The van der Waals surface area contributed by atoms with Gasteiger partial charge in [-0.1, -0.05) is 43.2 Å². The number of ether oxygens (including phenoxy) is 2. The van der Waals surface area contributed by atoms with Crippen molar-refractivity contribution in [3.63, 3.8) is 0 Å². The van der Waals surface area contributed by atoms with Crippen LogP contribution < -0.4 is 0 Å². The predicted molar refractivity (Wildman–Crippen MR) is 104 cm³/mol. The molecule has 0 saturated carbocycles. The van der Waals surface area contributed by atoms with Crippen molar-refractivity contribution >= 4 is 12.2 Å². The Kier molecular flexibility index (Phi) is 7.87. The molecule has 1 saturated heterocycles. The first-order valence-corrected chi connectivity index (χ1v) is 9.38. The van der Waals surface area contributed by atoms with E-state index >= 15 is 0 Å². The molecule has 0 amide bonds. The highest BCUT2D eigenvalue weighted by Crippen LogP contribution is 2.28. The van der Waals surface area contributed by atoms with Crippen LogP contribution in [0.2, 0.25) is 0 Å². The van der Waals surface area contributed by atoms with Crippen molar-refractivity contribution in [1.82, 2.24) is 0 Å². The highest BCUT2D eigenvalue weighted by atomic mass is 16.6. The van der Waals surface area contributed by atoms with E-state index in [1.807, 2.05) is 25.1 Å². The average molecular weight is 355 g/mol. The zero-order valence-electron chi connectivity index (χ0n) is 15.8. The lowest BCUT2D eigenvalue weighted by atomic mass is 9.91. The van der Waals surface area contributed by atoms with Crippen molar-refractivity contribution in [1.29, 1.82) is 0 Å². The maximum Gasteiger partial charge on any atom is 0.312 e. The molecule has 0 aromatic heterocycles. The van der Waals surface area contributed by atoms with E-state index in [9.17, 15) is 4.79 Å². The minimum Gasteiger partial charge on any atom is -0.445 e. The lowest BCUT2D eigenvalue weighted by Crippen LogP contribution is -2.41. The van der Waals surface area contributed by atoms with Crippen LogP contribution >= 0.6 is 0 Å². The van der Waals surface area contributed by atoms with E-state index in [1.54, 1.807) is 6.21 Å². The molecule has 140 valence electrons. The Morgan fingerprint density at radius 1 is 1.35 bits per heavy atom. The normalized spacial score (nSPS) is 18.8. The summed E-state index contributed by atoms with van der Waals surface area (Å²) in [5, 5.41) is 0. The Morgan fingerprint density at radius 2 is 2.04 bits per heavy atom. The lowest BCUT2D eigenvalue weighted by molar-refractivity contribution is -0.165. The van der Waals surface area contributed by atoms with Gasteiger partial charge in [0.2, 0.25) is 0 Å². The minimum absolute atomic E-state index is 0.240. The molecule has 1 unspecified atom stereocenters. The van der Waals surface area contributed by atoms with Gasteiger partial charge in [0.1, 0.15) is 0 Å². The molecule has 0 aliphatic carbocycles. The van der Waals surface area contributed by atoms with Crippen molar-refractivity contribution in [2.45, 2.75) is 51.0 Å². The summed E-state index contributed by atoms with van der Waals surface area (Å²) in [5.74, 6) is 2.55. The standard InChI is InChI=1S/C22H29NO3/c1-4-22(13-15-25-16-14-22)26-21(24)20(17-23-5-2)12-11-18(3)19-9-7-6-8-10-19/h1,5-10,18,20H,11-17H2,2-3H3/b23-5-/t18-,20?/m0/s1. The highest BCUT2D eigenvalue weighted by molar-refractivity contribution is 5.74. The summed E-state index contributed by atoms with van der Waals surface area (Å²) in [4.78, 5) is 17.1. The third-order valence-electron chi connectivity index (χ3n) is 5.02. The van der Waals surface area contributed by atoms with Gasteiger partial charge in [0.25, 0.3) is 0 Å².